The molecule has 0 saturated heterocycles. The number of anilines is 1. The summed E-state index contributed by atoms with van der Waals surface area (Å²) < 4.78 is 24.5. The molecule has 32 heavy (non-hydrogen) atoms. The first-order valence-electron chi connectivity index (χ1n) is 9.86. The Morgan fingerprint density at radius 1 is 1.09 bits per heavy atom. The molecule has 2 aromatic heterocycles. The molecule has 0 unspecified atom stereocenters. The van der Waals surface area contributed by atoms with E-state index in [0.717, 1.165) is 22.9 Å². The third-order valence-corrected chi connectivity index (χ3v) is 7.08. The van der Waals surface area contributed by atoms with Crippen molar-refractivity contribution in [1.82, 2.24) is 9.55 Å². The Bertz CT molecular complexity index is 1450. The average Bonchev–Trinajstić information content (AvgIpc) is 3.18. The number of nitrogens with one attached hydrogen (secondary N) is 1. The maximum Gasteiger partial charge on any atom is 0.262 e. The predicted octanol–water partition coefficient (Wildman–Crippen LogP) is 3.87. The van der Waals surface area contributed by atoms with Gasteiger partial charge in [0.05, 0.1) is 16.6 Å². The minimum absolute atomic E-state index is 0.0743. The van der Waals surface area contributed by atoms with Crippen LogP contribution >= 0.6 is 11.3 Å². The molecule has 0 aliphatic heterocycles. The Morgan fingerprint density at radius 3 is 2.44 bits per heavy atom. The van der Waals surface area contributed by atoms with Gasteiger partial charge < -0.3 is 5.32 Å². The molecule has 1 amide bonds. The van der Waals surface area contributed by atoms with Gasteiger partial charge in [0.15, 0.2) is 9.84 Å². The highest BCUT2D eigenvalue weighted by molar-refractivity contribution is 7.90. The molecule has 7 nitrogen and oxygen atoms in total. The highest BCUT2D eigenvalue weighted by Crippen LogP contribution is 2.30. The maximum absolute atomic E-state index is 13.1. The second-order valence-electron chi connectivity index (χ2n) is 7.53. The van der Waals surface area contributed by atoms with E-state index in [2.05, 4.69) is 10.3 Å². The van der Waals surface area contributed by atoms with Gasteiger partial charge in [-0.25, -0.2) is 13.4 Å². The molecule has 2 heterocycles. The zero-order valence-electron chi connectivity index (χ0n) is 17.5. The van der Waals surface area contributed by atoms with E-state index in [0.29, 0.717) is 15.9 Å². The van der Waals surface area contributed by atoms with Crippen LogP contribution in [0.15, 0.2) is 69.9 Å². The first kappa shape index (κ1) is 21.9. The van der Waals surface area contributed by atoms with E-state index in [1.54, 1.807) is 0 Å². The molecule has 4 rings (SSSR count). The van der Waals surface area contributed by atoms with Gasteiger partial charge in [-0.1, -0.05) is 29.8 Å². The Balaban J connectivity index is 1.50. The molecule has 0 spiro atoms. The van der Waals surface area contributed by atoms with Gasteiger partial charge in [0.2, 0.25) is 5.91 Å². The van der Waals surface area contributed by atoms with Crippen molar-refractivity contribution in [1.29, 1.82) is 0 Å². The second-order valence-corrected chi connectivity index (χ2v) is 10.4. The first-order valence-corrected chi connectivity index (χ1v) is 12.6. The molecule has 164 valence electrons. The van der Waals surface area contributed by atoms with Crippen LogP contribution in [0.25, 0.3) is 21.3 Å². The van der Waals surface area contributed by atoms with E-state index in [1.165, 1.54) is 46.5 Å². The van der Waals surface area contributed by atoms with Crippen LogP contribution in [0.4, 0.5) is 5.69 Å². The van der Waals surface area contributed by atoms with E-state index in [1.807, 2.05) is 36.6 Å². The summed E-state index contributed by atoms with van der Waals surface area (Å²) in [4.78, 5) is 30.7. The topological polar surface area (TPSA) is 98.1 Å². The molecule has 4 aromatic rings. The van der Waals surface area contributed by atoms with Crippen LogP contribution < -0.4 is 10.9 Å². The number of nitrogens with zero attached hydrogens (tertiary/aromatic N) is 2. The summed E-state index contributed by atoms with van der Waals surface area (Å²) in [7, 11) is -3.29. The van der Waals surface area contributed by atoms with Crippen molar-refractivity contribution in [3.8, 4) is 11.1 Å². The van der Waals surface area contributed by atoms with Gasteiger partial charge in [0.25, 0.3) is 5.56 Å². The number of hydrogen-bond donors (Lipinski definition) is 1. The summed E-state index contributed by atoms with van der Waals surface area (Å²) in [5, 5.41) is 5.20. The van der Waals surface area contributed by atoms with Gasteiger partial charge in [-0.3, -0.25) is 14.2 Å². The Labute approximate surface area is 189 Å². The monoisotopic (exact) mass is 467 g/mol. The smallest absolute Gasteiger partial charge is 0.262 e. The maximum atomic E-state index is 13.1. The number of rotatable bonds is 6. The van der Waals surface area contributed by atoms with Gasteiger partial charge in [-0.15, -0.1) is 11.3 Å². The van der Waals surface area contributed by atoms with E-state index < -0.39 is 9.84 Å². The SMILES string of the molecule is Cc1ccc(-c2csc3ncn(CCC(=O)Nc4ccc(S(C)(=O)=O)cc4)c(=O)c23)cc1. The third kappa shape index (κ3) is 4.63. The van der Waals surface area contributed by atoms with Gasteiger partial charge in [0, 0.05) is 35.9 Å². The number of carbonyl (C=O) groups is 1. The van der Waals surface area contributed by atoms with Crippen molar-refractivity contribution in [2.45, 2.75) is 24.8 Å². The molecule has 0 bridgehead atoms. The van der Waals surface area contributed by atoms with Gasteiger partial charge in [0.1, 0.15) is 4.83 Å². The Hall–Kier alpha value is -3.30. The number of thiophene rings is 1. The average molecular weight is 468 g/mol. The zero-order chi connectivity index (χ0) is 22.9. The van der Waals surface area contributed by atoms with Crippen molar-refractivity contribution in [3.05, 3.63) is 76.2 Å². The molecule has 1 N–H and O–H groups in total. The summed E-state index contributed by atoms with van der Waals surface area (Å²) in [5.41, 5.74) is 3.24. The second kappa shape index (κ2) is 8.68. The molecule has 0 radical (unpaired) electrons. The Kier molecular flexibility index (Phi) is 5.94. The van der Waals surface area contributed by atoms with Crippen LogP contribution in [-0.2, 0) is 21.2 Å². The fourth-order valence-electron chi connectivity index (χ4n) is 3.30. The minimum Gasteiger partial charge on any atom is -0.326 e. The van der Waals surface area contributed by atoms with Gasteiger partial charge in [-0.2, -0.15) is 0 Å². The highest BCUT2D eigenvalue weighted by Gasteiger charge is 2.14. The quantitative estimate of drug-likeness (QED) is 0.464. The zero-order valence-corrected chi connectivity index (χ0v) is 19.2. The van der Waals surface area contributed by atoms with Crippen LogP contribution in [-0.4, -0.2) is 30.1 Å². The van der Waals surface area contributed by atoms with E-state index in [4.69, 9.17) is 0 Å². The summed E-state index contributed by atoms with van der Waals surface area (Å²) in [5.74, 6) is -0.284. The van der Waals surface area contributed by atoms with Crippen LogP contribution in [0.1, 0.15) is 12.0 Å². The molecule has 0 aliphatic carbocycles. The number of sulfone groups is 1. The van der Waals surface area contributed by atoms with E-state index in [9.17, 15) is 18.0 Å². The van der Waals surface area contributed by atoms with Crippen LogP contribution in [0.3, 0.4) is 0 Å². The number of hydrogen-bond acceptors (Lipinski definition) is 6. The molecule has 9 heteroatoms. The van der Waals surface area contributed by atoms with Crippen molar-refractivity contribution in [2.75, 3.05) is 11.6 Å². The molecular formula is C23H21N3O4S2. The predicted molar refractivity (Wildman–Crippen MR) is 127 cm³/mol. The largest absolute Gasteiger partial charge is 0.326 e. The first-order chi connectivity index (χ1) is 15.2. The summed E-state index contributed by atoms with van der Waals surface area (Å²) >= 11 is 1.42. The normalized spacial score (nSPS) is 11.6. The summed E-state index contributed by atoms with van der Waals surface area (Å²) in [6, 6.07) is 13.9. The standard InChI is InChI=1S/C23H21N3O4S2/c1-15-3-5-16(6-4-15)19-13-31-22-21(19)23(28)26(14-24-22)12-11-20(27)25-17-7-9-18(10-8-17)32(2,29)30/h3-10,13-14H,11-12H2,1-2H3,(H,25,27). The fraction of sp³-hybridized carbons (Fsp3) is 0.174. The summed E-state index contributed by atoms with van der Waals surface area (Å²) in [6.45, 7) is 2.19. The molecule has 0 fully saturated rings. The van der Waals surface area contributed by atoms with Gasteiger partial charge >= 0.3 is 0 Å². The lowest BCUT2D eigenvalue weighted by molar-refractivity contribution is -0.116. The molecule has 2 aromatic carbocycles. The van der Waals surface area contributed by atoms with Crippen molar-refractivity contribution in [3.63, 3.8) is 0 Å². The van der Waals surface area contributed by atoms with Crippen LogP contribution in [0.5, 0.6) is 0 Å². The number of fused-ring (bicyclic) bond motifs is 1. The number of benzene rings is 2. The van der Waals surface area contributed by atoms with Crippen molar-refractivity contribution in [2.24, 2.45) is 0 Å². The molecular weight excluding hydrogens is 446 g/mol. The van der Waals surface area contributed by atoms with E-state index in [-0.39, 0.29) is 29.3 Å². The number of carbonyl (C=O) groups excluding carboxylic acids is 1. The van der Waals surface area contributed by atoms with Crippen LogP contribution in [0, 0.1) is 6.92 Å². The fourth-order valence-corrected chi connectivity index (χ4v) is 4.84. The van der Waals surface area contributed by atoms with Gasteiger partial charge in [-0.05, 0) is 36.8 Å². The van der Waals surface area contributed by atoms with Crippen molar-refractivity contribution < 1.29 is 13.2 Å². The van der Waals surface area contributed by atoms with Crippen LogP contribution in [0.2, 0.25) is 0 Å². The molecule has 0 saturated carbocycles. The van der Waals surface area contributed by atoms with Crippen molar-refractivity contribution >= 4 is 43.0 Å². The number of amides is 1. The minimum atomic E-state index is -3.29. The highest BCUT2D eigenvalue weighted by atomic mass is 32.2. The lowest BCUT2D eigenvalue weighted by Gasteiger charge is -2.08. The molecule has 0 atom stereocenters. The molecule has 0 aliphatic rings. The lowest BCUT2D eigenvalue weighted by atomic mass is 10.1. The summed E-state index contributed by atoms with van der Waals surface area (Å²) in [6.07, 6.45) is 2.67. The lowest BCUT2D eigenvalue weighted by Crippen LogP contribution is -2.23. The Morgan fingerprint density at radius 2 is 1.78 bits per heavy atom. The number of aromatic nitrogens is 2. The third-order valence-electron chi connectivity index (χ3n) is 5.07. The van der Waals surface area contributed by atoms with E-state index >= 15 is 0 Å². The number of aryl methyl sites for hydroxylation is 2.